The summed E-state index contributed by atoms with van der Waals surface area (Å²) in [5.74, 6) is 0.867. The number of hydrogen-bond donors (Lipinski definition) is 0. The Morgan fingerprint density at radius 1 is 1.12 bits per heavy atom. The van der Waals surface area contributed by atoms with Gasteiger partial charge >= 0.3 is 0 Å². The van der Waals surface area contributed by atoms with Crippen molar-refractivity contribution in [3.05, 3.63) is 64.1 Å². The first-order chi connectivity index (χ1) is 12.6. The first-order valence-corrected chi connectivity index (χ1v) is 10.2. The molecule has 0 aromatic heterocycles. The molecule has 1 aliphatic carbocycles. The second kappa shape index (κ2) is 9.22. The highest BCUT2D eigenvalue weighted by Crippen LogP contribution is 2.28. The predicted octanol–water partition coefficient (Wildman–Crippen LogP) is 5.48. The van der Waals surface area contributed by atoms with Crippen LogP contribution in [0.2, 0.25) is 0 Å². The van der Waals surface area contributed by atoms with E-state index < -0.39 is 0 Å². The van der Waals surface area contributed by atoms with Crippen LogP contribution in [0.25, 0.3) is 0 Å². The van der Waals surface area contributed by atoms with Crippen LogP contribution in [-0.2, 0) is 6.42 Å². The Hall–Kier alpha value is -1.81. The number of amides is 1. The van der Waals surface area contributed by atoms with E-state index in [-0.39, 0.29) is 5.91 Å². The van der Waals surface area contributed by atoms with Gasteiger partial charge in [-0.05, 0) is 52.5 Å². The van der Waals surface area contributed by atoms with Gasteiger partial charge in [0, 0.05) is 25.1 Å². The van der Waals surface area contributed by atoms with Gasteiger partial charge in [-0.1, -0.05) is 49.6 Å². The van der Waals surface area contributed by atoms with Crippen LogP contribution >= 0.6 is 15.9 Å². The van der Waals surface area contributed by atoms with E-state index in [2.05, 4.69) is 28.1 Å². The summed E-state index contributed by atoms with van der Waals surface area (Å²) in [6, 6.07) is 16.3. The molecule has 1 aliphatic rings. The molecule has 0 aliphatic heterocycles. The zero-order valence-corrected chi connectivity index (χ0v) is 16.9. The minimum Gasteiger partial charge on any atom is -0.492 e. The van der Waals surface area contributed by atoms with E-state index in [1.807, 2.05) is 48.3 Å². The summed E-state index contributed by atoms with van der Waals surface area (Å²) in [6.45, 7) is 0.609. The van der Waals surface area contributed by atoms with Gasteiger partial charge in [0.05, 0.1) is 11.1 Å². The summed E-state index contributed by atoms with van der Waals surface area (Å²) in [5.41, 5.74) is 1.96. The Kier molecular flexibility index (Phi) is 6.73. The topological polar surface area (TPSA) is 29.5 Å². The summed E-state index contributed by atoms with van der Waals surface area (Å²) in [4.78, 5) is 14.7. The molecule has 2 aromatic carbocycles. The van der Waals surface area contributed by atoms with Crippen LogP contribution < -0.4 is 4.74 Å². The molecule has 0 heterocycles. The molecule has 1 saturated carbocycles. The molecule has 0 radical (unpaired) electrons. The molecular weight excluding hydrogens is 390 g/mol. The molecule has 26 heavy (non-hydrogen) atoms. The summed E-state index contributed by atoms with van der Waals surface area (Å²) in [7, 11) is 1.93. The van der Waals surface area contributed by atoms with Gasteiger partial charge in [-0.2, -0.15) is 0 Å². The van der Waals surface area contributed by atoms with Gasteiger partial charge in [0.25, 0.3) is 5.91 Å². The highest BCUT2D eigenvalue weighted by Gasteiger charge is 2.23. The molecule has 1 amide bonds. The third kappa shape index (κ3) is 4.88. The molecular formula is C22H26BrNO2. The normalized spacial score (nSPS) is 14.8. The average molecular weight is 416 g/mol. The average Bonchev–Trinajstić information content (AvgIpc) is 2.69. The first kappa shape index (κ1) is 19.0. The SMILES string of the molecule is CN(C(=O)c1ccc(OCCc2ccccc2)c(Br)c1)C1CCCCC1. The Morgan fingerprint density at radius 3 is 2.54 bits per heavy atom. The van der Waals surface area contributed by atoms with Gasteiger partial charge in [-0.3, -0.25) is 4.79 Å². The van der Waals surface area contributed by atoms with Crippen LogP contribution in [0.15, 0.2) is 53.0 Å². The standard InChI is InChI=1S/C22H26BrNO2/c1-24(19-10-6-3-7-11-19)22(25)18-12-13-21(20(23)16-18)26-15-14-17-8-4-2-5-9-17/h2,4-5,8-9,12-13,16,19H,3,6-7,10-11,14-15H2,1H3. The molecule has 0 N–H and O–H groups in total. The predicted molar refractivity (Wildman–Crippen MR) is 109 cm³/mol. The van der Waals surface area contributed by atoms with E-state index >= 15 is 0 Å². The van der Waals surface area contributed by atoms with Gasteiger partial charge in [0.2, 0.25) is 0 Å². The van der Waals surface area contributed by atoms with Gasteiger partial charge < -0.3 is 9.64 Å². The van der Waals surface area contributed by atoms with Gasteiger partial charge in [0.1, 0.15) is 5.75 Å². The molecule has 0 spiro atoms. The van der Waals surface area contributed by atoms with Crippen LogP contribution in [0.1, 0.15) is 48.0 Å². The molecule has 1 fully saturated rings. The van der Waals surface area contributed by atoms with Crippen molar-refractivity contribution in [1.29, 1.82) is 0 Å². The van der Waals surface area contributed by atoms with Crippen molar-refractivity contribution < 1.29 is 9.53 Å². The van der Waals surface area contributed by atoms with Crippen molar-refractivity contribution in [3.8, 4) is 5.75 Å². The molecule has 3 nitrogen and oxygen atoms in total. The second-order valence-electron chi connectivity index (χ2n) is 6.94. The summed E-state index contributed by atoms with van der Waals surface area (Å²) >= 11 is 3.55. The van der Waals surface area contributed by atoms with E-state index in [9.17, 15) is 4.79 Å². The number of ether oxygens (including phenoxy) is 1. The smallest absolute Gasteiger partial charge is 0.253 e. The summed E-state index contributed by atoms with van der Waals surface area (Å²) < 4.78 is 6.71. The zero-order chi connectivity index (χ0) is 18.4. The maximum absolute atomic E-state index is 12.8. The Balaban J connectivity index is 1.58. The van der Waals surface area contributed by atoms with Gasteiger partial charge in [-0.25, -0.2) is 0 Å². The largest absolute Gasteiger partial charge is 0.492 e. The lowest BCUT2D eigenvalue weighted by Gasteiger charge is -2.31. The third-order valence-corrected chi connectivity index (χ3v) is 5.73. The fraction of sp³-hybridized carbons (Fsp3) is 0.409. The van der Waals surface area contributed by atoms with Crippen LogP contribution in [0.4, 0.5) is 0 Å². The number of halogens is 1. The van der Waals surface area contributed by atoms with E-state index in [0.29, 0.717) is 18.2 Å². The Morgan fingerprint density at radius 2 is 1.85 bits per heavy atom. The monoisotopic (exact) mass is 415 g/mol. The molecule has 2 aromatic rings. The van der Waals surface area contributed by atoms with Crippen LogP contribution in [0.5, 0.6) is 5.75 Å². The number of hydrogen-bond acceptors (Lipinski definition) is 2. The molecule has 0 unspecified atom stereocenters. The molecule has 3 rings (SSSR count). The molecule has 4 heteroatoms. The molecule has 0 bridgehead atoms. The lowest BCUT2D eigenvalue weighted by atomic mass is 9.94. The number of carbonyl (C=O) groups is 1. The van der Waals surface area contributed by atoms with Crippen molar-refractivity contribution in [2.45, 2.75) is 44.6 Å². The maximum atomic E-state index is 12.8. The quantitative estimate of drug-likeness (QED) is 0.625. The number of rotatable bonds is 6. The number of benzene rings is 2. The zero-order valence-electron chi connectivity index (χ0n) is 15.3. The van der Waals surface area contributed by atoms with E-state index in [1.165, 1.54) is 24.8 Å². The molecule has 138 valence electrons. The van der Waals surface area contributed by atoms with Crippen LogP contribution in [-0.4, -0.2) is 30.5 Å². The summed E-state index contributed by atoms with van der Waals surface area (Å²) in [5, 5.41) is 0. The Labute approximate surface area is 164 Å². The van der Waals surface area contributed by atoms with Crippen molar-refractivity contribution in [2.24, 2.45) is 0 Å². The molecule has 0 saturated heterocycles. The van der Waals surface area contributed by atoms with Crippen molar-refractivity contribution in [1.82, 2.24) is 4.90 Å². The van der Waals surface area contributed by atoms with Gasteiger partial charge in [-0.15, -0.1) is 0 Å². The van der Waals surface area contributed by atoms with Crippen molar-refractivity contribution in [2.75, 3.05) is 13.7 Å². The van der Waals surface area contributed by atoms with Crippen LogP contribution in [0.3, 0.4) is 0 Å². The van der Waals surface area contributed by atoms with E-state index in [0.717, 1.165) is 29.5 Å². The molecule has 0 atom stereocenters. The van der Waals surface area contributed by atoms with E-state index in [1.54, 1.807) is 0 Å². The fourth-order valence-electron chi connectivity index (χ4n) is 3.51. The minimum atomic E-state index is 0.0911. The number of nitrogens with zero attached hydrogens (tertiary/aromatic N) is 1. The second-order valence-corrected chi connectivity index (χ2v) is 7.79. The third-order valence-electron chi connectivity index (χ3n) is 5.11. The van der Waals surface area contributed by atoms with Gasteiger partial charge in [0.15, 0.2) is 0 Å². The minimum absolute atomic E-state index is 0.0911. The van der Waals surface area contributed by atoms with Crippen molar-refractivity contribution in [3.63, 3.8) is 0 Å². The van der Waals surface area contributed by atoms with Crippen molar-refractivity contribution >= 4 is 21.8 Å². The van der Waals surface area contributed by atoms with E-state index in [4.69, 9.17) is 4.74 Å². The summed E-state index contributed by atoms with van der Waals surface area (Å²) in [6.07, 6.45) is 6.83. The lowest BCUT2D eigenvalue weighted by Crippen LogP contribution is -2.38. The highest BCUT2D eigenvalue weighted by atomic mass is 79.9. The number of carbonyl (C=O) groups excluding carboxylic acids is 1. The highest BCUT2D eigenvalue weighted by molar-refractivity contribution is 9.10. The first-order valence-electron chi connectivity index (χ1n) is 9.38. The lowest BCUT2D eigenvalue weighted by molar-refractivity contribution is 0.0696. The fourth-order valence-corrected chi connectivity index (χ4v) is 4.01. The van der Waals surface area contributed by atoms with Crippen LogP contribution in [0, 0.1) is 0 Å². The maximum Gasteiger partial charge on any atom is 0.253 e. The Bertz CT molecular complexity index is 726.